The lowest BCUT2D eigenvalue weighted by atomic mass is 9.82. The highest BCUT2D eigenvalue weighted by atomic mass is 16.5. The second-order valence-corrected chi connectivity index (χ2v) is 4.91. The Bertz CT molecular complexity index is 366. The number of aromatic nitrogens is 3. The molecule has 0 saturated carbocycles. The fourth-order valence-corrected chi connectivity index (χ4v) is 2.27. The first-order chi connectivity index (χ1) is 8.15. The van der Waals surface area contributed by atoms with E-state index in [1.165, 1.54) is 0 Å². The first kappa shape index (κ1) is 12.5. The largest absolute Gasteiger partial charge is 0.389 e. The van der Waals surface area contributed by atoms with Crippen LogP contribution < -0.4 is 0 Å². The predicted molar refractivity (Wildman–Crippen MR) is 63.6 cm³/mol. The summed E-state index contributed by atoms with van der Waals surface area (Å²) >= 11 is 0. The predicted octanol–water partition coefficient (Wildman–Crippen LogP) is 1.02. The van der Waals surface area contributed by atoms with Crippen LogP contribution in [0.5, 0.6) is 0 Å². The minimum absolute atomic E-state index is 0.142. The molecular weight excluding hydrogens is 218 g/mol. The minimum Gasteiger partial charge on any atom is -0.389 e. The van der Waals surface area contributed by atoms with Gasteiger partial charge in [-0.25, -0.2) is 4.98 Å². The van der Waals surface area contributed by atoms with Gasteiger partial charge in [0.2, 0.25) is 0 Å². The number of aryl methyl sites for hydroxylation is 1. The number of ether oxygens (including phenoxy) is 1. The molecule has 1 aromatic rings. The number of hydrogen-bond donors (Lipinski definition) is 1. The highest BCUT2D eigenvalue weighted by Gasteiger charge is 2.38. The summed E-state index contributed by atoms with van der Waals surface area (Å²) in [6.07, 6.45) is 3.83. The molecule has 1 aliphatic rings. The average Bonchev–Trinajstić information content (AvgIpc) is 2.71. The van der Waals surface area contributed by atoms with Crippen molar-refractivity contribution >= 4 is 0 Å². The monoisotopic (exact) mass is 239 g/mol. The molecule has 2 heterocycles. The van der Waals surface area contributed by atoms with Gasteiger partial charge < -0.3 is 9.84 Å². The van der Waals surface area contributed by atoms with Gasteiger partial charge in [-0.2, -0.15) is 5.10 Å². The van der Waals surface area contributed by atoms with Crippen molar-refractivity contribution in [2.24, 2.45) is 5.92 Å². The number of rotatable bonds is 4. The molecule has 0 bridgehead atoms. The van der Waals surface area contributed by atoms with E-state index in [4.69, 9.17) is 4.74 Å². The normalized spacial score (nSPS) is 29.5. The Morgan fingerprint density at radius 2 is 2.47 bits per heavy atom. The van der Waals surface area contributed by atoms with Crippen LogP contribution in [-0.4, -0.2) is 38.7 Å². The van der Waals surface area contributed by atoms with Gasteiger partial charge in [-0.3, -0.25) is 4.68 Å². The van der Waals surface area contributed by atoms with Crippen LogP contribution >= 0.6 is 0 Å². The molecule has 0 radical (unpaired) electrons. The Labute approximate surface area is 102 Å². The second-order valence-electron chi connectivity index (χ2n) is 4.91. The van der Waals surface area contributed by atoms with E-state index in [1.807, 2.05) is 11.6 Å². The third-order valence-corrected chi connectivity index (χ3v) is 3.56. The van der Waals surface area contributed by atoms with Crippen LogP contribution in [-0.2, 0) is 17.7 Å². The molecule has 0 aromatic carbocycles. The van der Waals surface area contributed by atoms with Gasteiger partial charge >= 0.3 is 0 Å². The van der Waals surface area contributed by atoms with Gasteiger partial charge in [0.1, 0.15) is 12.2 Å². The van der Waals surface area contributed by atoms with E-state index in [0.29, 0.717) is 26.1 Å². The molecule has 0 amide bonds. The Kier molecular flexibility index (Phi) is 3.79. The zero-order valence-corrected chi connectivity index (χ0v) is 10.6. The van der Waals surface area contributed by atoms with E-state index in [-0.39, 0.29) is 5.92 Å². The Balaban J connectivity index is 2.10. The van der Waals surface area contributed by atoms with E-state index in [9.17, 15) is 5.11 Å². The SMILES string of the molecule is CCCn1ncnc1CC1(O)CCOCC1C. The average molecular weight is 239 g/mol. The molecule has 0 aliphatic carbocycles. The maximum atomic E-state index is 10.6. The summed E-state index contributed by atoms with van der Waals surface area (Å²) in [6, 6.07) is 0. The minimum atomic E-state index is -0.698. The number of hydrogen-bond acceptors (Lipinski definition) is 4. The van der Waals surface area contributed by atoms with Crippen molar-refractivity contribution in [3.63, 3.8) is 0 Å². The van der Waals surface area contributed by atoms with Crippen LogP contribution in [0.4, 0.5) is 0 Å². The molecular formula is C12H21N3O2. The lowest BCUT2D eigenvalue weighted by molar-refractivity contribution is -0.106. The summed E-state index contributed by atoms with van der Waals surface area (Å²) in [4.78, 5) is 4.26. The fraction of sp³-hybridized carbons (Fsp3) is 0.833. The molecule has 5 nitrogen and oxygen atoms in total. The molecule has 17 heavy (non-hydrogen) atoms. The summed E-state index contributed by atoms with van der Waals surface area (Å²) in [5, 5.41) is 14.8. The van der Waals surface area contributed by atoms with Gasteiger partial charge in [0, 0.05) is 31.9 Å². The Morgan fingerprint density at radius 1 is 1.65 bits per heavy atom. The lowest BCUT2D eigenvalue weighted by Gasteiger charge is -2.37. The van der Waals surface area contributed by atoms with E-state index >= 15 is 0 Å². The van der Waals surface area contributed by atoms with Gasteiger partial charge in [0.15, 0.2) is 0 Å². The second kappa shape index (κ2) is 5.14. The highest BCUT2D eigenvalue weighted by Crippen LogP contribution is 2.29. The zero-order chi connectivity index (χ0) is 12.3. The van der Waals surface area contributed by atoms with Crippen LogP contribution in [0.25, 0.3) is 0 Å². The van der Waals surface area contributed by atoms with Crippen LogP contribution in [0, 0.1) is 5.92 Å². The fourth-order valence-electron chi connectivity index (χ4n) is 2.27. The Morgan fingerprint density at radius 3 is 3.18 bits per heavy atom. The van der Waals surface area contributed by atoms with Gasteiger partial charge in [-0.1, -0.05) is 13.8 Å². The van der Waals surface area contributed by atoms with Crippen molar-refractivity contribution in [1.29, 1.82) is 0 Å². The van der Waals surface area contributed by atoms with Crippen molar-refractivity contribution in [3.8, 4) is 0 Å². The van der Waals surface area contributed by atoms with Gasteiger partial charge in [-0.05, 0) is 6.42 Å². The van der Waals surface area contributed by atoms with Crippen molar-refractivity contribution in [1.82, 2.24) is 14.8 Å². The molecule has 2 unspecified atom stereocenters. The van der Waals surface area contributed by atoms with Crippen LogP contribution in [0.1, 0.15) is 32.5 Å². The van der Waals surface area contributed by atoms with E-state index in [0.717, 1.165) is 18.8 Å². The highest BCUT2D eigenvalue weighted by molar-refractivity contribution is 4.98. The molecule has 1 saturated heterocycles. The van der Waals surface area contributed by atoms with E-state index < -0.39 is 5.60 Å². The van der Waals surface area contributed by atoms with E-state index in [1.54, 1.807) is 6.33 Å². The third-order valence-electron chi connectivity index (χ3n) is 3.56. The summed E-state index contributed by atoms with van der Waals surface area (Å²) in [5.41, 5.74) is -0.698. The van der Waals surface area contributed by atoms with Gasteiger partial charge in [0.05, 0.1) is 12.2 Å². The summed E-state index contributed by atoms with van der Waals surface area (Å²) < 4.78 is 7.26. The molecule has 96 valence electrons. The molecule has 1 N–H and O–H groups in total. The molecule has 1 fully saturated rings. The summed E-state index contributed by atoms with van der Waals surface area (Å²) in [7, 11) is 0. The maximum absolute atomic E-state index is 10.6. The molecule has 2 rings (SSSR count). The van der Waals surface area contributed by atoms with Crippen LogP contribution in [0.2, 0.25) is 0 Å². The van der Waals surface area contributed by atoms with Gasteiger partial charge in [0.25, 0.3) is 0 Å². The quantitative estimate of drug-likeness (QED) is 0.852. The van der Waals surface area contributed by atoms with E-state index in [2.05, 4.69) is 17.0 Å². The molecule has 0 spiro atoms. The smallest absolute Gasteiger partial charge is 0.138 e. The standard InChI is InChI=1S/C12H21N3O2/c1-3-5-15-11(13-9-14-15)7-12(16)4-6-17-8-10(12)2/h9-10,16H,3-8H2,1-2H3. The topological polar surface area (TPSA) is 60.2 Å². The Hall–Kier alpha value is -0.940. The molecule has 1 aliphatic heterocycles. The molecule has 1 aromatic heterocycles. The van der Waals surface area contributed by atoms with Crippen molar-refractivity contribution in [2.45, 2.75) is 45.3 Å². The molecule has 5 heteroatoms. The first-order valence-corrected chi connectivity index (χ1v) is 6.32. The van der Waals surface area contributed by atoms with Crippen molar-refractivity contribution in [3.05, 3.63) is 12.2 Å². The summed E-state index contributed by atoms with van der Waals surface area (Å²) in [5.74, 6) is 1.02. The van der Waals surface area contributed by atoms with Crippen LogP contribution in [0.15, 0.2) is 6.33 Å². The van der Waals surface area contributed by atoms with Crippen molar-refractivity contribution < 1.29 is 9.84 Å². The van der Waals surface area contributed by atoms with Crippen molar-refractivity contribution in [2.75, 3.05) is 13.2 Å². The lowest BCUT2D eigenvalue weighted by Crippen LogP contribution is -2.46. The zero-order valence-electron chi connectivity index (χ0n) is 10.6. The third kappa shape index (κ3) is 2.66. The first-order valence-electron chi connectivity index (χ1n) is 6.32. The van der Waals surface area contributed by atoms with Crippen LogP contribution in [0.3, 0.4) is 0 Å². The van der Waals surface area contributed by atoms with Gasteiger partial charge in [-0.15, -0.1) is 0 Å². The number of nitrogens with zero attached hydrogens (tertiary/aromatic N) is 3. The molecule has 2 atom stereocenters. The summed E-state index contributed by atoms with van der Waals surface area (Å²) in [6.45, 7) is 6.24. The number of aliphatic hydroxyl groups is 1. The maximum Gasteiger partial charge on any atom is 0.138 e.